The number of nitrogens with one attached hydrogen (secondary N) is 2. The molecule has 0 fully saturated rings. The predicted octanol–water partition coefficient (Wildman–Crippen LogP) is 16.2. The number of amides is 2. The van der Waals surface area contributed by atoms with Crippen LogP contribution >= 0.6 is 0 Å². The maximum Gasteiger partial charge on any atom is 0.300 e. The number of benzene rings is 8. The molecule has 0 bridgehead atoms. The number of para-hydroxylation sites is 4. The SMILES string of the molecule is N#CC(=Cc1ccc2cc(-c3ccc(N(c4ccccc4)c4ccccc4)cc3)oc2c1)C(=O)NCc1ccccn1.O=Cc1ccc2cc(-c3ccc(N(c4ccccc4)c4ccccc4)cc3)oc2c1.[C-]#[N+]CC(=O)NCc1ccccn1. The summed E-state index contributed by atoms with van der Waals surface area (Å²) in [5.41, 5.74) is 12.6. The Morgan fingerprint density at radius 3 is 1.29 bits per heavy atom. The van der Waals surface area contributed by atoms with Gasteiger partial charge in [0.15, 0.2) is 0 Å². The molecule has 412 valence electrons. The summed E-state index contributed by atoms with van der Waals surface area (Å²) >= 11 is 0. The molecular weight excluding hydrogens is 1060 g/mol. The second kappa shape index (κ2) is 28.0. The normalized spacial score (nSPS) is 10.7. The lowest BCUT2D eigenvalue weighted by atomic mass is 10.1. The number of furan rings is 2. The van der Waals surface area contributed by atoms with E-state index in [0.717, 1.165) is 79.5 Å². The Hall–Kier alpha value is -11.9. The molecule has 4 aromatic heterocycles. The number of fused-ring (bicyclic) bond motifs is 2. The molecule has 2 N–H and O–H groups in total. The summed E-state index contributed by atoms with van der Waals surface area (Å²) in [4.78, 5) is 50.1. The van der Waals surface area contributed by atoms with Crippen molar-refractivity contribution in [1.82, 2.24) is 20.6 Å². The van der Waals surface area contributed by atoms with Crippen LogP contribution in [0.3, 0.4) is 0 Å². The van der Waals surface area contributed by atoms with Crippen molar-refractivity contribution in [2.24, 2.45) is 0 Å². The number of aldehydes is 1. The molecule has 85 heavy (non-hydrogen) atoms. The van der Waals surface area contributed by atoms with E-state index in [4.69, 9.17) is 15.4 Å². The minimum atomic E-state index is -0.455. The predicted molar refractivity (Wildman–Crippen MR) is 335 cm³/mol. The molecule has 2 amide bonds. The van der Waals surface area contributed by atoms with Crippen molar-refractivity contribution in [3.05, 3.63) is 307 Å². The zero-order valence-corrected chi connectivity index (χ0v) is 45.9. The molecule has 12 aromatic rings. The van der Waals surface area contributed by atoms with Crippen molar-refractivity contribution in [3.8, 4) is 28.7 Å². The van der Waals surface area contributed by atoms with Crippen LogP contribution in [0.25, 0.3) is 55.5 Å². The van der Waals surface area contributed by atoms with E-state index >= 15 is 0 Å². The van der Waals surface area contributed by atoms with Gasteiger partial charge in [-0.3, -0.25) is 24.4 Å². The average Bonchev–Trinajstić information content (AvgIpc) is 4.43. The third kappa shape index (κ3) is 14.7. The highest BCUT2D eigenvalue weighted by Gasteiger charge is 2.16. The molecule has 13 nitrogen and oxygen atoms in total. The van der Waals surface area contributed by atoms with Crippen molar-refractivity contribution in [1.29, 1.82) is 5.26 Å². The molecule has 0 unspecified atom stereocenters. The van der Waals surface area contributed by atoms with E-state index in [2.05, 4.69) is 120 Å². The number of pyridine rings is 2. The number of rotatable bonds is 16. The van der Waals surface area contributed by atoms with Gasteiger partial charge in [0.25, 0.3) is 12.5 Å². The number of hydrogen-bond donors (Lipinski definition) is 2. The van der Waals surface area contributed by atoms with Crippen LogP contribution in [0.5, 0.6) is 0 Å². The summed E-state index contributed by atoms with van der Waals surface area (Å²) in [6, 6.07) is 85.8. The summed E-state index contributed by atoms with van der Waals surface area (Å²) < 4.78 is 12.2. The summed E-state index contributed by atoms with van der Waals surface area (Å²) in [6.45, 7) is 6.97. The Kier molecular flexibility index (Phi) is 18.5. The minimum absolute atomic E-state index is 0.00837. The number of aromatic nitrogens is 2. The number of carbonyl (C=O) groups is 3. The molecule has 0 aliphatic heterocycles. The maximum atomic E-state index is 12.6. The molecule has 0 radical (unpaired) electrons. The third-order valence-electron chi connectivity index (χ3n) is 13.3. The van der Waals surface area contributed by atoms with Gasteiger partial charge in [-0.05, 0) is 157 Å². The topological polar surface area (TPSA) is 162 Å². The van der Waals surface area contributed by atoms with Crippen LogP contribution in [-0.2, 0) is 22.7 Å². The Bertz CT molecular complexity index is 4200. The van der Waals surface area contributed by atoms with Crippen molar-refractivity contribution in [3.63, 3.8) is 0 Å². The zero-order chi connectivity index (χ0) is 58.6. The Balaban J connectivity index is 0.000000162. The van der Waals surface area contributed by atoms with Crippen LogP contribution in [0.15, 0.2) is 282 Å². The van der Waals surface area contributed by atoms with Gasteiger partial charge < -0.3 is 34.1 Å². The van der Waals surface area contributed by atoms with Crippen LogP contribution in [0.2, 0.25) is 0 Å². The van der Waals surface area contributed by atoms with Gasteiger partial charge >= 0.3 is 5.91 Å². The first-order valence-corrected chi connectivity index (χ1v) is 27.2. The maximum absolute atomic E-state index is 12.6. The fourth-order valence-electron chi connectivity index (χ4n) is 9.20. The van der Waals surface area contributed by atoms with Gasteiger partial charge in [-0.15, -0.1) is 0 Å². The first kappa shape index (κ1) is 56.3. The van der Waals surface area contributed by atoms with Crippen LogP contribution in [-0.4, -0.2) is 34.6 Å². The quantitative estimate of drug-likeness (QED) is 0.0412. The molecule has 0 aliphatic rings. The molecule has 4 heterocycles. The van der Waals surface area contributed by atoms with Crippen LogP contribution in [0.1, 0.15) is 27.3 Å². The second-order valence-corrected chi connectivity index (χ2v) is 19.1. The van der Waals surface area contributed by atoms with E-state index in [9.17, 15) is 19.6 Å². The van der Waals surface area contributed by atoms with Crippen molar-refractivity contribution in [2.75, 3.05) is 16.3 Å². The van der Waals surface area contributed by atoms with Gasteiger partial charge in [0.2, 0.25) is 0 Å². The summed E-state index contributed by atoms with van der Waals surface area (Å²) in [5.74, 6) is 0.798. The number of nitriles is 1. The number of nitrogens with zero attached hydrogens (tertiary/aromatic N) is 6. The van der Waals surface area contributed by atoms with Crippen LogP contribution < -0.4 is 20.4 Å². The van der Waals surface area contributed by atoms with Gasteiger partial charge in [0, 0.05) is 74.0 Å². The summed E-state index contributed by atoms with van der Waals surface area (Å²) in [5, 5.41) is 16.8. The van der Waals surface area contributed by atoms with Crippen LogP contribution in [0, 0.1) is 17.9 Å². The lowest BCUT2D eigenvalue weighted by Crippen LogP contribution is -2.24. The number of anilines is 6. The first-order valence-electron chi connectivity index (χ1n) is 27.2. The standard InChI is InChI=1S/C36H26N4O2.C27H19NO2.C9H9N3O/c37-24-29(36(41)39-25-30-9-7-8-20-38-30)21-26-14-15-28-23-35(42-34(28)22-26)27-16-18-33(19-17-27)40(31-10-3-1-4-11-31)32-12-5-2-6-13-32;29-19-20-11-12-22-18-27(30-26(22)17-20)21-13-15-25(16-14-21)28(23-7-3-1-4-8-23)24-9-5-2-6-10-24;1-10-7-9(13)12-6-8-4-2-3-5-11-8/h1-23H,25H2,(H,39,41);1-19H;2-5H,6-7H2,(H,12,13). The van der Waals surface area contributed by atoms with E-state index in [1.165, 1.54) is 0 Å². The van der Waals surface area contributed by atoms with E-state index in [1.807, 2.05) is 164 Å². The molecule has 13 heteroatoms. The minimum Gasteiger partial charge on any atom is -0.456 e. The molecule has 0 aliphatic carbocycles. The molecular formula is C72H54N8O5. The van der Waals surface area contributed by atoms with Crippen molar-refractivity contribution in [2.45, 2.75) is 13.1 Å². The van der Waals surface area contributed by atoms with Gasteiger partial charge in [-0.25, -0.2) is 6.57 Å². The highest BCUT2D eigenvalue weighted by molar-refractivity contribution is 6.02. The number of carbonyl (C=O) groups excluding carboxylic acids is 3. The van der Waals surface area contributed by atoms with Gasteiger partial charge in [-0.1, -0.05) is 109 Å². The van der Waals surface area contributed by atoms with Gasteiger partial charge in [-0.2, -0.15) is 5.26 Å². The molecule has 0 saturated carbocycles. The monoisotopic (exact) mass is 1110 g/mol. The highest BCUT2D eigenvalue weighted by Crippen LogP contribution is 2.38. The highest BCUT2D eigenvalue weighted by atomic mass is 16.3. The first-order chi connectivity index (χ1) is 41.8. The summed E-state index contributed by atoms with van der Waals surface area (Å²) in [7, 11) is 0. The van der Waals surface area contributed by atoms with E-state index in [0.29, 0.717) is 34.5 Å². The zero-order valence-electron chi connectivity index (χ0n) is 45.9. The van der Waals surface area contributed by atoms with E-state index in [1.54, 1.807) is 30.6 Å². The molecule has 0 atom stereocenters. The molecule has 12 rings (SSSR count). The van der Waals surface area contributed by atoms with E-state index < -0.39 is 5.91 Å². The fourth-order valence-corrected chi connectivity index (χ4v) is 9.20. The van der Waals surface area contributed by atoms with Crippen molar-refractivity contribution < 1.29 is 23.2 Å². The second-order valence-electron chi connectivity index (χ2n) is 19.1. The van der Waals surface area contributed by atoms with Crippen LogP contribution in [0.4, 0.5) is 34.1 Å². The summed E-state index contributed by atoms with van der Waals surface area (Å²) in [6.07, 6.45) is 5.72. The van der Waals surface area contributed by atoms with Gasteiger partial charge in [0.05, 0.1) is 24.5 Å². The fraction of sp³-hybridized carbons (Fsp3) is 0.0417. The Morgan fingerprint density at radius 2 is 0.894 bits per heavy atom. The Morgan fingerprint density at radius 1 is 0.494 bits per heavy atom. The van der Waals surface area contributed by atoms with Gasteiger partial charge in [0.1, 0.15) is 40.6 Å². The van der Waals surface area contributed by atoms with Crippen molar-refractivity contribution >= 4 is 80.2 Å². The third-order valence-corrected chi connectivity index (χ3v) is 13.3. The molecule has 0 saturated heterocycles. The number of hydrogen-bond acceptors (Lipinski definition) is 10. The average molecular weight is 1110 g/mol. The Labute approximate surface area is 491 Å². The lowest BCUT2D eigenvalue weighted by molar-refractivity contribution is -0.119. The van der Waals surface area contributed by atoms with E-state index in [-0.39, 0.29) is 24.6 Å². The largest absolute Gasteiger partial charge is 0.456 e. The molecule has 0 spiro atoms. The molecule has 8 aromatic carbocycles. The lowest BCUT2D eigenvalue weighted by Gasteiger charge is -2.25. The smallest absolute Gasteiger partial charge is 0.300 e.